The molecule has 8 nitrogen and oxygen atoms in total. The molecule has 122 valence electrons. The van der Waals surface area contributed by atoms with Gasteiger partial charge in [-0.1, -0.05) is 0 Å². The van der Waals surface area contributed by atoms with E-state index in [-0.39, 0.29) is 17.7 Å². The van der Waals surface area contributed by atoms with Crippen LogP contribution in [-0.2, 0) is 10.0 Å². The molecule has 1 saturated heterocycles. The molecule has 0 saturated carbocycles. The molecule has 0 amide bonds. The van der Waals surface area contributed by atoms with Crippen LogP contribution in [0.25, 0.3) is 0 Å². The number of hydrogen-bond donors (Lipinski definition) is 0. The number of hydrogen-bond acceptors (Lipinski definition) is 6. The summed E-state index contributed by atoms with van der Waals surface area (Å²) in [4.78, 5) is 4.18. The average molecular weight is 336 g/mol. The lowest BCUT2D eigenvalue weighted by molar-refractivity contribution is 0.174. The van der Waals surface area contributed by atoms with Gasteiger partial charge in [-0.25, -0.2) is 18.1 Å². The van der Waals surface area contributed by atoms with Crippen molar-refractivity contribution in [3.8, 4) is 11.5 Å². The molecule has 0 N–H and O–H groups in total. The minimum Gasteiger partial charge on any atom is -0.454 e. The summed E-state index contributed by atoms with van der Waals surface area (Å²) < 4.78 is 39.7. The van der Waals surface area contributed by atoms with Crippen LogP contribution in [0.5, 0.6) is 11.5 Å². The van der Waals surface area contributed by atoms with E-state index in [0.29, 0.717) is 36.6 Å². The van der Waals surface area contributed by atoms with Crippen molar-refractivity contribution >= 4 is 10.0 Å². The fourth-order valence-electron chi connectivity index (χ4n) is 2.99. The summed E-state index contributed by atoms with van der Waals surface area (Å²) >= 11 is 0. The number of fused-ring (bicyclic) bond motifs is 1. The van der Waals surface area contributed by atoms with E-state index < -0.39 is 10.0 Å². The zero-order valence-corrected chi connectivity index (χ0v) is 13.4. The molecule has 0 bridgehead atoms. The van der Waals surface area contributed by atoms with Crippen molar-refractivity contribution in [3.05, 3.63) is 30.4 Å². The second-order valence-corrected chi connectivity index (χ2v) is 7.56. The Kier molecular flexibility index (Phi) is 3.27. The molecule has 3 heterocycles. The van der Waals surface area contributed by atoms with Gasteiger partial charge in [-0.3, -0.25) is 0 Å². The highest BCUT2D eigenvalue weighted by Crippen LogP contribution is 2.38. The minimum absolute atomic E-state index is 0.0154. The normalized spacial score (nSPS) is 21.0. The first kappa shape index (κ1) is 14.5. The predicted molar refractivity (Wildman–Crippen MR) is 79.7 cm³/mol. The maximum Gasteiger partial charge on any atom is 0.243 e. The van der Waals surface area contributed by atoms with Crippen LogP contribution in [-0.4, -0.2) is 47.4 Å². The molecule has 1 fully saturated rings. The molecule has 0 spiro atoms. The van der Waals surface area contributed by atoms with Gasteiger partial charge in [0, 0.05) is 19.2 Å². The number of rotatable bonds is 3. The Balaban J connectivity index is 1.64. The summed E-state index contributed by atoms with van der Waals surface area (Å²) in [5.41, 5.74) is 0.651. The van der Waals surface area contributed by atoms with E-state index in [1.54, 1.807) is 30.1 Å². The molecular formula is C14H16N4O4S. The van der Waals surface area contributed by atoms with Crippen LogP contribution in [0.1, 0.15) is 18.0 Å². The van der Waals surface area contributed by atoms with E-state index in [9.17, 15) is 8.42 Å². The maximum atomic E-state index is 13.0. The topological polar surface area (TPSA) is 86.6 Å². The summed E-state index contributed by atoms with van der Waals surface area (Å²) in [6.07, 6.45) is 3.79. The van der Waals surface area contributed by atoms with Crippen LogP contribution in [0.2, 0.25) is 0 Å². The quantitative estimate of drug-likeness (QED) is 0.829. The van der Waals surface area contributed by atoms with Crippen LogP contribution >= 0.6 is 0 Å². The van der Waals surface area contributed by atoms with Gasteiger partial charge in [0.15, 0.2) is 11.5 Å². The lowest BCUT2D eigenvalue weighted by atomic mass is 10.2. The molecule has 1 aromatic heterocycles. The van der Waals surface area contributed by atoms with Crippen LogP contribution in [0.4, 0.5) is 0 Å². The number of sulfonamides is 1. The molecule has 0 radical (unpaired) electrons. The molecule has 2 aromatic rings. The molecule has 4 rings (SSSR count). The van der Waals surface area contributed by atoms with E-state index in [1.807, 2.05) is 0 Å². The van der Waals surface area contributed by atoms with Gasteiger partial charge < -0.3 is 9.47 Å². The van der Waals surface area contributed by atoms with Crippen molar-refractivity contribution in [2.45, 2.75) is 24.3 Å². The van der Waals surface area contributed by atoms with Crippen molar-refractivity contribution in [2.75, 3.05) is 19.9 Å². The Hall–Kier alpha value is -2.13. The third-order valence-corrected chi connectivity index (χ3v) is 6.23. The highest BCUT2D eigenvalue weighted by molar-refractivity contribution is 7.89. The van der Waals surface area contributed by atoms with Gasteiger partial charge in [-0.2, -0.15) is 9.40 Å². The third-order valence-electron chi connectivity index (χ3n) is 4.22. The van der Waals surface area contributed by atoms with Crippen LogP contribution in [0, 0.1) is 6.92 Å². The van der Waals surface area contributed by atoms with Crippen LogP contribution < -0.4 is 9.47 Å². The van der Waals surface area contributed by atoms with Crippen molar-refractivity contribution < 1.29 is 17.9 Å². The first-order valence-electron chi connectivity index (χ1n) is 7.30. The monoisotopic (exact) mass is 336 g/mol. The van der Waals surface area contributed by atoms with Gasteiger partial charge in [-0.05, 0) is 25.0 Å². The van der Waals surface area contributed by atoms with E-state index in [1.165, 1.54) is 10.6 Å². The highest BCUT2D eigenvalue weighted by Gasteiger charge is 2.35. The highest BCUT2D eigenvalue weighted by atomic mass is 32.2. The third kappa shape index (κ3) is 2.36. The molecule has 1 aromatic carbocycles. The number of benzene rings is 1. The van der Waals surface area contributed by atoms with E-state index >= 15 is 0 Å². The second-order valence-electron chi connectivity index (χ2n) is 5.65. The van der Waals surface area contributed by atoms with Crippen molar-refractivity contribution in [3.63, 3.8) is 0 Å². The lowest BCUT2D eigenvalue weighted by Crippen LogP contribution is -2.30. The Bertz CT molecular complexity index is 835. The zero-order valence-electron chi connectivity index (χ0n) is 12.5. The second kappa shape index (κ2) is 5.20. The lowest BCUT2D eigenvalue weighted by Gasteiger charge is -2.18. The number of aromatic nitrogens is 3. The van der Waals surface area contributed by atoms with Crippen molar-refractivity contribution in [2.24, 2.45) is 0 Å². The molecule has 1 unspecified atom stereocenters. The predicted octanol–water partition coefficient (Wildman–Crippen LogP) is 0.951. The average Bonchev–Trinajstić information content (AvgIpc) is 3.26. The Labute approximate surface area is 133 Å². The van der Waals surface area contributed by atoms with Gasteiger partial charge in [0.05, 0.1) is 10.9 Å². The number of aryl methyl sites for hydroxylation is 1. The van der Waals surface area contributed by atoms with E-state index in [4.69, 9.17) is 9.47 Å². The molecule has 9 heteroatoms. The van der Waals surface area contributed by atoms with Gasteiger partial charge in [0.25, 0.3) is 0 Å². The van der Waals surface area contributed by atoms with E-state index in [0.717, 1.165) is 0 Å². The van der Waals surface area contributed by atoms with Gasteiger partial charge in [-0.15, -0.1) is 0 Å². The number of nitrogens with zero attached hydrogens (tertiary/aromatic N) is 4. The van der Waals surface area contributed by atoms with Gasteiger partial charge in [0.1, 0.15) is 12.7 Å². The zero-order chi connectivity index (χ0) is 16.0. The van der Waals surface area contributed by atoms with Gasteiger partial charge >= 0.3 is 0 Å². The summed E-state index contributed by atoms with van der Waals surface area (Å²) in [5, 5.41) is 4.10. The van der Waals surface area contributed by atoms with E-state index in [2.05, 4.69) is 10.1 Å². The summed E-state index contributed by atoms with van der Waals surface area (Å²) in [7, 11) is -3.58. The van der Waals surface area contributed by atoms with Crippen LogP contribution in [0.3, 0.4) is 0 Å². The SMILES string of the molecule is Cc1cc2c(cc1S(=O)(=O)N1CCC(n3cncn3)C1)OCO2. The fourth-order valence-corrected chi connectivity index (χ4v) is 4.71. The standard InChI is InChI=1S/C14H16N4O4S/c1-10-4-12-13(22-9-21-12)5-14(10)23(19,20)17-3-2-11(6-17)18-8-15-7-16-18/h4-5,7-8,11H,2-3,6,9H2,1H3. The van der Waals surface area contributed by atoms with Crippen molar-refractivity contribution in [1.82, 2.24) is 19.1 Å². The minimum atomic E-state index is -3.58. The van der Waals surface area contributed by atoms with Gasteiger partial charge in [0.2, 0.25) is 16.8 Å². The Morgan fingerprint density at radius 2 is 2.04 bits per heavy atom. The first-order chi connectivity index (χ1) is 11.1. The maximum absolute atomic E-state index is 13.0. The molecular weight excluding hydrogens is 320 g/mol. The Morgan fingerprint density at radius 1 is 1.26 bits per heavy atom. The molecule has 1 atom stereocenters. The summed E-state index contributed by atoms with van der Waals surface area (Å²) in [6.45, 7) is 2.73. The largest absolute Gasteiger partial charge is 0.454 e. The molecule has 0 aliphatic carbocycles. The molecule has 2 aliphatic heterocycles. The number of ether oxygens (including phenoxy) is 2. The molecule has 23 heavy (non-hydrogen) atoms. The summed E-state index contributed by atoms with van der Waals surface area (Å²) in [5.74, 6) is 1.06. The molecule has 2 aliphatic rings. The summed E-state index contributed by atoms with van der Waals surface area (Å²) in [6, 6.07) is 3.28. The fraction of sp³-hybridized carbons (Fsp3) is 0.429. The van der Waals surface area contributed by atoms with Crippen molar-refractivity contribution in [1.29, 1.82) is 0 Å². The van der Waals surface area contributed by atoms with Crippen LogP contribution in [0.15, 0.2) is 29.7 Å². The first-order valence-corrected chi connectivity index (χ1v) is 8.74. The smallest absolute Gasteiger partial charge is 0.243 e. The Morgan fingerprint density at radius 3 is 2.78 bits per heavy atom.